The molecule has 0 atom stereocenters. The van der Waals surface area contributed by atoms with E-state index in [1.54, 1.807) is 0 Å². The molecule has 0 spiro atoms. The Kier molecular flexibility index (Phi) is 3.79. The third-order valence-electron chi connectivity index (χ3n) is 4.29. The number of nitrogens with one attached hydrogen (secondary N) is 1. The highest BCUT2D eigenvalue weighted by molar-refractivity contribution is 9.10. The summed E-state index contributed by atoms with van der Waals surface area (Å²) in [5, 5.41) is 0. The van der Waals surface area contributed by atoms with Crippen LogP contribution in [0.2, 0.25) is 0 Å². The molecular formula is C17H18BrN5. The smallest absolute Gasteiger partial charge is 0.180 e. The maximum atomic E-state index is 4.75. The molecule has 0 saturated carbocycles. The van der Waals surface area contributed by atoms with E-state index in [9.17, 15) is 0 Å². The molecule has 1 fully saturated rings. The molecule has 1 aromatic carbocycles. The van der Waals surface area contributed by atoms with Crippen LogP contribution < -0.4 is 4.90 Å². The van der Waals surface area contributed by atoms with Gasteiger partial charge in [-0.05, 0) is 25.2 Å². The van der Waals surface area contributed by atoms with E-state index >= 15 is 0 Å². The van der Waals surface area contributed by atoms with Gasteiger partial charge in [-0.25, -0.2) is 9.97 Å². The first-order chi connectivity index (χ1) is 11.2. The molecule has 0 amide bonds. The molecule has 5 nitrogen and oxygen atoms in total. The van der Waals surface area contributed by atoms with Gasteiger partial charge >= 0.3 is 0 Å². The summed E-state index contributed by atoms with van der Waals surface area (Å²) in [4.78, 5) is 17.5. The molecule has 3 heterocycles. The second-order valence-electron chi connectivity index (χ2n) is 5.90. The van der Waals surface area contributed by atoms with Crippen molar-refractivity contribution >= 4 is 32.9 Å². The Balaban J connectivity index is 1.69. The number of nitrogens with zero attached hydrogens (tertiary/aromatic N) is 4. The predicted octanol–water partition coefficient (Wildman–Crippen LogP) is 3.14. The van der Waals surface area contributed by atoms with E-state index in [-0.39, 0.29) is 0 Å². The summed E-state index contributed by atoms with van der Waals surface area (Å²) < 4.78 is 1.03. The van der Waals surface area contributed by atoms with Gasteiger partial charge in [0.1, 0.15) is 11.6 Å². The molecule has 2 aromatic heterocycles. The van der Waals surface area contributed by atoms with Gasteiger partial charge in [-0.1, -0.05) is 34.1 Å². The summed E-state index contributed by atoms with van der Waals surface area (Å²) in [6.07, 6.45) is 0. The number of aromatic amines is 1. The Morgan fingerprint density at radius 3 is 2.57 bits per heavy atom. The van der Waals surface area contributed by atoms with Gasteiger partial charge in [0.15, 0.2) is 5.65 Å². The molecule has 1 N–H and O–H groups in total. The normalized spacial score (nSPS) is 16.2. The fourth-order valence-electron chi connectivity index (χ4n) is 2.88. The van der Waals surface area contributed by atoms with Crippen LogP contribution in [0.15, 0.2) is 40.9 Å². The van der Waals surface area contributed by atoms with Crippen LogP contribution in [0, 0.1) is 0 Å². The van der Waals surface area contributed by atoms with Crippen LogP contribution in [0.3, 0.4) is 0 Å². The number of anilines is 1. The number of aromatic nitrogens is 3. The van der Waals surface area contributed by atoms with Crippen LogP contribution in [-0.2, 0) is 0 Å². The zero-order chi connectivity index (χ0) is 15.8. The van der Waals surface area contributed by atoms with Gasteiger partial charge in [0.25, 0.3) is 0 Å². The van der Waals surface area contributed by atoms with Crippen molar-refractivity contribution < 1.29 is 0 Å². The number of likely N-dealkylation sites (N-methyl/N-ethyl adjacent to an activating group) is 1. The largest absolute Gasteiger partial charge is 0.354 e. The molecular weight excluding hydrogens is 354 g/mol. The van der Waals surface area contributed by atoms with Crippen molar-refractivity contribution in [1.29, 1.82) is 0 Å². The molecule has 3 aromatic rings. The number of hydrogen-bond acceptors (Lipinski definition) is 4. The quantitative estimate of drug-likeness (QED) is 0.751. The average molecular weight is 372 g/mol. The van der Waals surface area contributed by atoms with Gasteiger partial charge in [0, 0.05) is 36.2 Å². The monoisotopic (exact) mass is 371 g/mol. The fraction of sp³-hybridized carbons (Fsp3) is 0.294. The Labute approximate surface area is 143 Å². The van der Waals surface area contributed by atoms with Crippen molar-refractivity contribution in [3.8, 4) is 11.4 Å². The first-order valence-corrected chi connectivity index (χ1v) is 8.55. The van der Waals surface area contributed by atoms with Crippen molar-refractivity contribution in [2.75, 3.05) is 38.1 Å². The van der Waals surface area contributed by atoms with Gasteiger partial charge in [-0.2, -0.15) is 0 Å². The third kappa shape index (κ3) is 2.84. The van der Waals surface area contributed by atoms with Gasteiger partial charge in [0.05, 0.1) is 5.52 Å². The summed E-state index contributed by atoms with van der Waals surface area (Å²) in [7, 11) is 2.16. The van der Waals surface area contributed by atoms with Crippen LogP contribution >= 0.6 is 15.9 Å². The molecule has 4 rings (SSSR count). The lowest BCUT2D eigenvalue weighted by molar-refractivity contribution is 0.312. The van der Waals surface area contributed by atoms with Crippen molar-refractivity contribution in [3.63, 3.8) is 0 Å². The minimum absolute atomic E-state index is 0.771. The maximum Gasteiger partial charge on any atom is 0.180 e. The van der Waals surface area contributed by atoms with E-state index in [0.29, 0.717) is 0 Å². The lowest BCUT2D eigenvalue weighted by Crippen LogP contribution is -2.44. The second-order valence-corrected chi connectivity index (χ2v) is 6.75. The molecule has 23 heavy (non-hydrogen) atoms. The molecule has 1 saturated heterocycles. The summed E-state index contributed by atoms with van der Waals surface area (Å²) in [6, 6.07) is 12.2. The first-order valence-electron chi connectivity index (χ1n) is 7.76. The minimum atomic E-state index is 0.771. The van der Waals surface area contributed by atoms with Crippen molar-refractivity contribution in [2.24, 2.45) is 0 Å². The van der Waals surface area contributed by atoms with E-state index in [1.165, 1.54) is 0 Å². The van der Waals surface area contributed by atoms with Gasteiger partial charge < -0.3 is 14.8 Å². The van der Waals surface area contributed by atoms with Crippen molar-refractivity contribution in [1.82, 2.24) is 19.9 Å². The van der Waals surface area contributed by atoms with E-state index in [0.717, 1.165) is 59.0 Å². The highest BCUT2D eigenvalue weighted by Crippen LogP contribution is 2.27. The molecule has 6 heteroatoms. The highest BCUT2D eigenvalue weighted by atomic mass is 79.9. The number of imidazole rings is 1. The third-order valence-corrected chi connectivity index (χ3v) is 4.98. The number of benzene rings is 1. The predicted molar refractivity (Wildman–Crippen MR) is 96.7 cm³/mol. The molecule has 0 bridgehead atoms. The van der Waals surface area contributed by atoms with Crippen LogP contribution in [0.5, 0.6) is 0 Å². The molecule has 0 radical (unpaired) electrons. The van der Waals surface area contributed by atoms with E-state index in [4.69, 9.17) is 4.98 Å². The maximum absolute atomic E-state index is 4.75. The van der Waals surface area contributed by atoms with Crippen LogP contribution in [0.4, 0.5) is 5.82 Å². The van der Waals surface area contributed by atoms with Gasteiger partial charge in [-0.3, -0.25) is 0 Å². The fourth-order valence-corrected chi connectivity index (χ4v) is 3.35. The lowest BCUT2D eigenvalue weighted by atomic mass is 10.2. The van der Waals surface area contributed by atoms with E-state index in [1.807, 2.05) is 24.3 Å². The lowest BCUT2D eigenvalue weighted by Gasteiger charge is -2.33. The van der Waals surface area contributed by atoms with Gasteiger partial charge in [-0.15, -0.1) is 0 Å². The Morgan fingerprint density at radius 1 is 1.00 bits per heavy atom. The highest BCUT2D eigenvalue weighted by Gasteiger charge is 2.16. The zero-order valence-corrected chi connectivity index (χ0v) is 14.5. The molecule has 1 aliphatic rings. The summed E-state index contributed by atoms with van der Waals surface area (Å²) in [5.41, 5.74) is 2.78. The van der Waals surface area contributed by atoms with E-state index in [2.05, 4.69) is 54.9 Å². The van der Waals surface area contributed by atoms with Crippen LogP contribution in [0.25, 0.3) is 22.6 Å². The number of fused-ring (bicyclic) bond motifs is 1. The summed E-state index contributed by atoms with van der Waals surface area (Å²) in [6.45, 7) is 4.16. The Morgan fingerprint density at radius 2 is 1.78 bits per heavy atom. The standard InChI is InChI=1S/C17H18BrN5/c1-22-8-10-23(11-9-22)15-7-6-14-17(20-15)21-16(19-14)12-4-2-3-5-13(12)18/h2-7H,8-11H2,1H3,(H,19,20,21). The molecule has 0 aliphatic carbocycles. The zero-order valence-electron chi connectivity index (χ0n) is 13.0. The molecule has 0 unspecified atom stereocenters. The average Bonchev–Trinajstić information content (AvgIpc) is 2.99. The van der Waals surface area contributed by atoms with Crippen molar-refractivity contribution in [3.05, 3.63) is 40.9 Å². The van der Waals surface area contributed by atoms with Crippen molar-refractivity contribution in [2.45, 2.75) is 0 Å². The summed E-state index contributed by atoms with van der Waals surface area (Å²) >= 11 is 3.58. The minimum Gasteiger partial charge on any atom is -0.354 e. The first kappa shape index (κ1) is 14.7. The molecule has 1 aliphatic heterocycles. The SMILES string of the molecule is CN1CCN(c2ccc3[nH]c(-c4ccccc4Br)nc3n2)CC1. The number of pyridine rings is 1. The Bertz CT molecular complexity index is 836. The summed E-state index contributed by atoms with van der Waals surface area (Å²) in [5.74, 6) is 1.85. The topological polar surface area (TPSA) is 48.0 Å². The Hall–Kier alpha value is -1.92. The van der Waals surface area contributed by atoms with Gasteiger partial charge in [0.2, 0.25) is 0 Å². The number of H-pyrrole nitrogens is 1. The number of rotatable bonds is 2. The van der Waals surface area contributed by atoms with Crippen LogP contribution in [-0.4, -0.2) is 53.1 Å². The molecule has 118 valence electrons. The number of hydrogen-bond donors (Lipinski definition) is 1. The van der Waals surface area contributed by atoms with E-state index < -0.39 is 0 Å². The number of piperazine rings is 1. The van der Waals surface area contributed by atoms with Crippen LogP contribution in [0.1, 0.15) is 0 Å². The number of halogens is 1. The second kappa shape index (κ2) is 5.94.